The second kappa shape index (κ2) is 32.7. The fourth-order valence-corrected chi connectivity index (χ4v) is 10.7. The molecule has 0 saturated carbocycles. The van der Waals surface area contributed by atoms with E-state index in [1.54, 1.807) is 48.5 Å². The quantitative estimate of drug-likeness (QED) is 0.0393. The molecule has 0 saturated heterocycles. The molecule has 0 aliphatic carbocycles. The molecule has 0 spiro atoms. The number of benzene rings is 3. The highest BCUT2D eigenvalue weighted by Crippen LogP contribution is 2.38. The first-order chi connectivity index (χ1) is 39.6. The number of unbranched alkanes of at least 4 members (excludes halogenated alkanes) is 4. The van der Waals surface area contributed by atoms with Gasteiger partial charge in [0.2, 0.25) is 11.8 Å². The lowest BCUT2D eigenvalue weighted by molar-refractivity contribution is 0.0679. The fourth-order valence-electron chi connectivity index (χ4n) is 10.7. The number of aromatic nitrogens is 2. The molecule has 0 fully saturated rings. The lowest BCUT2D eigenvalue weighted by Crippen LogP contribution is -2.39. The van der Waals surface area contributed by atoms with Crippen molar-refractivity contribution >= 4 is 34.6 Å². The molecule has 438 valence electrons. The Bertz CT molecular complexity index is 2970. The smallest absolute Gasteiger partial charge is 0.276 e. The van der Waals surface area contributed by atoms with Crippen LogP contribution in [-0.2, 0) is 0 Å². The standard InChI is InChI=1S/C66H88N10O6/c1-11-19-28-47(15-5)41-73(42-48(16-6)29-20-12-2)61(77)53-34-23-25-36-57(53)69-71-59-45(9)55(39-67)63(79)75(65(59)81)51-32-27-33-52(38-51)76-64(80)56(40-68)46(10)60(66(76)82)72-70-58-37-26-24-35-54(58)62(78)74(43-49(17-7)30-21-13-3)44-50(18-8)31-22-14-4/h23-27,32-38,47-50,81-82H,11-22,28-31,41-44H2,1-10H3. The van der Waals surface area contributed by atoms with Gasteiger partial charge in [0.05, 0.1) is 33.9 Å². The fraction of sp³-hybridized carbons (Fsp3) is 0.515. The molecular weight excluding hydrogens is 1030 g/mol. The number of aromatic hydroxyl groups is 2. The predicted molar refractivity (Wildman–Crippen MR) is 326 cm³/mol. The van der Waals surface area contributed by atoms with Gasteiger partial charge < -0.3 is 20.0 Å². The van der Waals surface area contributed by atoms with Crippen molar-refractivity contribution in [3.63, 3.8) is 0 Å². The number of carbonyl (C=O) groups is 2. The van der Waals surface area contributed by atoms with E-state index in [9.17, 15) is 39.9 Å². The molecule has 4 unspecified atom stereocenters. The van der Waals surface area contributed by atoms with Crippen LogP contribution in [0.25, 0.3) is 11.4 Å². The number of hydrogen-bond donors (Lipinski definition) is 2. The Labute approximate surface area is 486 Å². The maximum absolute atomic E-state index is 14.7. The summed E-state index contributed by atoms with van der Waals surface area (Å²) in [6.07, 6.45) is 16.3. The number of nitriles is 2. The zero-order valence-electron chi connectivity index (χ0n) is 50.4. The van der Waals surface area contributed by atoms with Crippen molar-refractivity contribution in [2.24, 2.45) is 44.1 Å². The highest BCUT2D eigenvalue weighted by atomic mass is 16.3. The van der Waals surface area contributed by atoms with Crippen LogP contribution in [0.1, 0.15) is 201 Å². The lowest BCUT2D eigenvalue weighted by atomic mass is 9.95. The van der Waals surface area contributed by atoms with Gasteiger partial charge in [0.15, 0.2) is 11.4 Å². The molecule has 16 nitrogen and oxygen atoms in total. The molecule has 4 atom stereocenters. The van der Waals surface area contributed by atoms with Gasteiger partial charge in [-0.05, 0) is 106 Å². The average Bonchev–Trinajstić information content (AvgIpc) is 3.65. The molecule has 82 heavy (non-hydrogen) atoms. The Balaban J connectivity index is 1.59. The number of rotatable bonds is 32. The minimum Gasteiger partial charge on any atom is -0.493 e. The predicted octanol–water partition coefficient (Wildman–Crippen LogP) is 16.3. The molecule has 2 heterocycles. The summed E-state index contributed by atoms with van der Waals surface area (Å²) in [7, 11) is 0. The van der Waals surface area contributed by atoms with Gasteiger partial charge in [-0.3, -0.25) is 19.2 Å². The Morgan fingerprint density at radius 1 is 0.500 bits per heavy atom. The highest BCUT2D eigenvalue weighted by molar-refractivity contribution is 5.99. The van der Waals surface area contributed by atoms with Crippen LogP contribution in [0.3, 0.4) is 0 Å². The zero-order valence-corrected chi connectivity index (χ0v) is 50.4. The molecule has 2 aromatic heterocycles. The van der Waals surface area contributed by atoms with Gasteiger partial charge in [-0.2, -0.15) is 10.5 Å². The number of carbonyl (C=O) groups excluding carboxylic acids is 2. The summed E-state index contributed by atoms with van der Waals surface area (Å²) in [4.78, 5) is 61.8. The number of nitrogens with zero attached hydrogens (tertiary/aromatic N) is 10. The van der Waals surface area contributed by atoms with Crippen molar-refractivity contribution in [2.75, 3.05) is 26.2 Å². The van der Waals surface area contributed by atoms with E-state index in [2.05, 4.69) is 75.8 Å². The molecule has 5 rings (SSSR count). The molecule has 16 heteroatoms. The highest BCUT2D eigenvalue weighted by Gasteiger charge is 2.28. The van der Waals surface area contributed by atoms with Crippen LogP contribution in [0.4, 0.5) is 22.7 Å². The minimum absolute atomic E-state index is 0.0353. The third kappa shape index (κ3) is 16.3. The first kappa shape index (κ1) is 65.1. The van der Waals surface area contributed by atoms with Crippen molar-refractivity contribution in [1.29, 1.82) is 10.5 Å². The van der Waals surface area contributed by atoms with Crippen molar-refractivity contribution in [2.45, 2.75) is 172 Å². The maximum Gasteiger partial charge on any atom is 0.276 e. The van der Waals surface area contributed by atoms with Crippen LogP contribution < -0.4 is 11.1 Å². The molecule has 0 aliphatic heterocycles. The molecule has 0 aliphatic rings. The lowest BCUT2D eigenvalue weighted by Gasteiger charge is -2.31. The third-order valence-electron chi connectivity index (χ3n) is 16.2. The largest absolute Gasteiger partial charge is 0.493 e. The van der Waals surface area contributed by atoms with E-state index in [0.717, 1.165) is 112 Å². The van der Waals surface area contributed by atoms with Gasteiger partial charge in [0, 0.05) is 37.3 Å². The summed E-state index contributed by atoms with van der Waals surface area (Å²) in [6, 6.07) is 23.3. The van der Waals surface area contributed by atoms with Gasteiger partial charge in [0.1, 0.15) is 23.3 Å². The van der Waals surface area contributed by atoms with Crippen molar-refractivity contribution in [3.8, 4) is 35.3 Å². The van der Waals surface area contributed by atoms with Gasteiger partial charge in [-0.1, -0.05) is 163 Å². The molecule has 2 N–H and O–H groups in total. The van der Waals surface area contributed by atoms with E-state index in [4.69, 9.17) is 0 Å². The normalized spacial score (nSPS) is 13.0. The van der Waals surface area contributed by atoms with Gasteiger partial charge in [-0.15, -0.1) is 20.5 Å². The Morgan fingerprint density at radius 3 is 1.11 bits per heavy atom. The first-order valence-electron chi connectivity index (χ1n) is 30.1. The van der Waals surface area contributed by atoms with E-state index in [1.807, 2.05) is 21.9 Å². The van der Waals surface area contributed by atoms with Crippen LogP contribution >= 0.6 is 0 Å². The van der Waals surface area contributed by atoms with Crippen molar-refractivity contribution in [1.82, 2.24) is 18.9 Å². The molecular formula is C66H88N10O6. The van der Waals surface area contributed by atoms with E-state index in [1.165, 1.54) is 38.1 Å². The summed E-state index contributed by atoms with van der Waals surface area (Å²) in [5, 5.41) is 62.8. The Kier molecular flexibility index (Phi) is 25.9. The average molecular weight is 1120 g/mol. The van der Waals surface area contributed by atoms with Crippen molar-refractivity contribution in [3.05, 3.63) is 127 Å². The van der Waals surface area contributed by atoms with Crippen LogP contribution in [0.5, 0.6) is 11.8 Å². The Hall–Kier alpha value is -7.72. The summed E-state index contributed by atoms with van der Waals surface area (Å²) < 4.78 is 1.70. The zero-order chi connectivity index (χ0) is 59.9. The molecule has 0 bridgehead atoms. The SMILES string of the molecule is CCCCC(CC)CN(CC(CC)CCCC)C(=O)c1ccccc1N=Nc1c(C)c(C#N)c(=O)n(-c2cccc(-n3c(O)c(N=Nc4ccccc4C(=O)N(CC(CC)CCCC)CC(CC)CCCC)c(C)c(C#N)c3=O)c2)c1O. The number of pyridine rings is 2. The van der Waals surface area contributed by atoms with Crippen LogP contribution in [0.2, 0.25) is 0 Å². The van der Waals surface area contributed by atoms with Crippen molar-refractivity contribution < 1.29 is 19.8 Å². The topological polar surface area (TPSA) is 222 Å². The summed E-state index contributed by atoms with van der Waals surface area (Å²) in [6.45, 7) is 22.7. The second-order valence-electron chi connectivity index (χ2n) is 21.9. The first-order valence-corrected chi connectivity index (χ1v) is 30.1. The molecule has 2 amide bonds. The van der Waals surface area contributed by atoms with Crippen LogP contribution in [-0.4, -0.2) is 67.1 Å². The summed E-state index contributed by atoms with van der Waals surface area (Å²) in [5.41, 5.74) is -1.82. The van der Waals surface area contributed by atoms with Crippen LogP contribution in [0.15, 0.2) is 103 Å². The van der Waals surface area contributed by atoms with E-state index < -0.39 is 22.9 Å². The number of amides is 2. The number of azo groups is 2. The summed E-state index contributed by atoms with van der Waals surface area (Å²) >= 11 is 0. The van der Waals surface area contributed by atoms with Gasteiger partial charge in [0.25, 0.3) is 22.9 Å². The molecule has 3 aromatic carbocycles. The maximum atomic E-state index is 14.7. The molecule has 0 radical (unpaired) electrons. The number of hydrogen-bond acceptors (Lipinski definition) is 12. The van der Waals surface area contributed by atoms with E-state index in [-0.39, 0.29) is 68.2 Å². The van der Waals surface area contributed by atoms with E-state index in [0.29, 0.717) is 61.0 Å². The monoisotopic (exact) mass is 1120 g/mol. The summed E-state index contributed by atoms with van der Waals surface area (Å²) in [5.74, 6) is -0.463. The third-order valence-corrected chi connectivity index (χ3v) is 16.2. The van der Waals surface area contributed by atoms with Gasteiger partial charge in [-0.25, -0.2) is 9.13 Å². The van der Waals surface area contributed by atoms with Crippen LogP contribution in [0, 0.1) is 60.2 Å². The minimum atomic E-state index is -0.904. The molecule has 5 aromatic rings. The van der Waals surface area contributed by atoms with E-state index >= 15 is 0 Å². The Morgan fingerprint density at radius 2 is 0.817 bits per heavy atom. The van der Waals surface area contributed by atoms with Gasteiger partial charge >= 0.3 is 0 Å². The second-order valence-corrected chi connectivity index (χ2v) is 21.9.